The van der Waals surface area contributed by atoms with Crippen LogP contribution in [0.4, 0.5) is 0 Å². The van der Waals surface area contributed by atoms with Crippen molar-refractivity contribution in [2.24, 2.45) is 5.92 Å². The van der Waals surface area contributed by atoms with Crippen LogP contribution >= 0.6 is 0 Å². The van der Waals surface area contributed by atoms with Crippen molar-refractivity contribution < 1.29 is 14.6 Å². The molecular weight excluding hydrogens is 144 g/mol. The summed E-state index contributed by atoms with van der Waals surface area (Å²) < 4.78 is 5.35. The second kappa shape index (κ2) is 3.72. The molecule has 0 bridgehead atoms. The van der Waals surface area contributed by atoms with Gasteiger partial charge in [-0.25, -0.2) is 0 Å². The highest BCUT2D eigenvalue weighted by Gasteiger charge is 2.23. The third-order valence-corrected chi connectivity index (χ3v) is 2.10. The predicted octanol–water partition coefficient (Wildman–Crippen LogP) is 1.28. The minimum absolute atomic E-state index is 0.162. The Hall–Kier alpha value is -0.570. The predicted molar refractivity (Wildman–Crippen MR) is 40.4 cm³/mol. The molecule has 0 saturated carbocycles. The first-order valence-corrected chi connectivity index (χ1v) is 4.03. The zero-order chi connectivity index (χ0) is 8.27. The quantitative estimate of drug-likeness (QED) is 0.673. The van der Waals surface area contributed by atoms with E-state index in [1.165, 1.54) is 0 Å². The summed E-state index contributed by atoms with van der Waals surface area (Å²) in [7, 11) is 0. The first-order chi connectivity index (χ1) is 5.20. The summed E-state index contributed by atoms with van der Waals surface area (Å²) in [5, 5.41) is 8.49. The van der Waals surface area contributed by atoms with Gasteiger partial charge in [-0.2, -0.15) is 0 Å². The lowest BCUT2D eigenvalue weighted by Gasteiger charge is -2.15. The second-order valence-electron chi connectivity index (χ2n) is 3.13. The summed E-state index contributed by atoms with van der Waals surface area (Å²) in [6.07, 6.45) is 2.51. The number of hydrogen-bond acceptors (Lipinski definition) is 2. The third-order valence-electron chi connectivity index (χ3n) is 2.10. The van der Waals surface area contributed by atoms with E-state index in [9.17, 15) is 4.79 Å². The van der Waals surface area contributed by atoms with E-state index in [2.05, 4.69) is 0 Å². The molecular formula is C8H14O3. The molecule has 0 aromatic carbocycles. The maximum Gasteiger partial charge on any atom is 0.303 e. The van der Waals surface area contributed by atoms with Crippen LogP contribution in [0.3, 0.4) is 0 Å². The molecule has 3 nitrogen and oxygen atoms in total. The molecule has 3 heteroatoms. The van der Waals surface area contributed by atoms with Crippen LogP contribution in [-0.2, 0) is 9.53 Å². The summed E-state index contributed by atoms with van der Waals surface area (Å²) in [6, 6.07) is 0. The van der Waals surface area contributed by atoms with Gasteiger partial charge in [-0.05, 0) is 18.8 Å². The molecule has 0 aromatic rings. The van der Waals surface area contributed by atoms with Crippen LogP contribution in [-0.4, -0.2) is 23.8 Å². The first kappa shape index (κ1) is 8.53. The Kier molecular flexibility index (Phi) is 2.88. The smallest absolute Gasteiger partial charge is 0.303 e. The largest absolute Gasteiger partial charge is 0.481 e. The van der Waals surface area contributed by atoms with Crippen molar-refractivity contribution in [3.63, 3.8) is 0 Å². The minimum atomic E-state index is -0.729. The molecule has 0 aromatic heterocycles. The fourth-order valence-electron chi connectivity index (χ4n) is 1.46. The normalized spacial score (nSPS) is 26.8. The van der Waals surface area contributed by atoms with E-state index < -0.39 is 5.97 Å². The highest BCUT2D eigenvalue weighted by Crippen LogP contribution is 2.22. The van der Waals surface area contributed by atoms with Gasteiger partial charge in [-0.3, -0.25) is 4.79 Å². The maximum absolute atomic E-state index is 10.3. The molecule has 1 aliphatic heterocycles. The number of aliphatic carboxylic acids is 1. The van der Waals surface area contributed by atoms with Crippen molar-refractivity contribution in [2.75, 3.05) is 6.61 Å². The van der Waals surface area contributed by atoms with Gasteiger partial charge in [0.05, 0.1) is 12.5 Å². The maximum atomic E-state index is 10.3. The zero-order valence-corrected chi connectivity index (χ0v) is 6.75. The van der Waals surface area contributed by atoms with Crippen molar-refractivity contribution in [3.8, 4) is 0 Å². The number of carboxylic acids is 1. The Morgan fingerprint density at radius 2 is 2.55 bits per heavy atom. The van der Waals surface area contributed by atoms with Gasteiger partial charge in [-0.15, -0.1) is 0 Å². The molecule has 1 heterocycles. The van der Waals surface area contributed by atoms with Gasteiger partial charge >= 0.3 is 5.97 Å². The molecule has 0 spiro atoms. The van der Waals surface area contributed by atoms with Crippen molar-refractivity contribution >= 4 is 5.97 Å². The molecule has 0 unspecified atom stereocenters. The molecule has 1 saturated heterocycles. The van der Waals surface area contributed by atoms with E-state index in [1.807, 2.05) is 6.92 Å². The molecule has 1 aliphatic rings. The van der Waals surface area contributed by atoms with Gasteiger partial charge in [0.25, 0.3) is 0 Å². The highest BCUT2D eigenvalue weighted by molar-refractivity contribution is 5.67. The van der Waals surface area contributed by atoms with E-state index in [0.29, 0.717) is 0 Å². The van der Waals surface area contributed by atoms with Gasteiger partial charge in [0.15, 0.2) is 0 Å². The van der Waals surface area contributed by atoms with Crippen LogP contribution in [0.5, 0.6) is 0 Å². The van der Waals surface area contributed by atoms with Crippen LogP contribution in [0.15, 0.2) is 0 Å². The molecule has 1 rings (SSSR count). The van der Waals surface area contributed by atoms with Crippen LogP contribution < -0.4 is 0 Å². The molecule has 11 heavy (non-hydrogen) atoms. The molecule has 0 aliphatic carbocycles. The Morgan fingerprint density at radius 3 is 3.00 bits per heavy atom. The van der Waals surface area contributed by atoms with E-state index in [1.54, 1.807) is 0 Å². The Morgan fingerprint density at radius 1 is 1.82 bits per heavy atom. The third kappa shape index (κ3) is 2.50. The van der Waals surface area contributed by atoms with Crippen LogP contribution in [0.2, 0.25) is 0 Å². The summed E-state index contributed by atoms with van der Waals surface area (Å²) >= 11 is 0. The van der Waals surface area contributed by atoms with E-state index in [-0.39, 0.29) is 18.4 Å². The first-order valence-electron chi connectivity index (χ1n) is 4.03. The lowest BCUT2D eigenvalue weighted by Crippen LogP contribution is -2.19. The average molecular weight is 158 g/mol. The Labute approximate surface area is 66.4 Å². The standard InChI is InChI=1S/C8H14O3/c1-6(5-8(9)10)7-3-2-4-11-7/h6-7H,2-5H2,1H3,(H,9,10)/t6-,7-/m0/s1. The summed E-state index contributed by atoms with van der Waals surface area (Å²) in [4.78, 5) is 10.3. The molecule has 1 fully saturated rings. The number of carboxylic acid groups (broad SMARTS) is 1. The molecule has 64 valence electrons. The van der Waals surface area contributed by atoms with Crippen molar-refractivity contribution in [1.29, 1.82) is 0 Å². The average Bonchev–Trinajstić information content (AvgIpc) is 2.35. The van der Waals surface area contributed by atoms with Crippen molar-refractivity contribution in [1.82, 2.24) is 0 Å². The summed E-state index contributed by atoms with van der Waals surface area (Å²) in [5.74, 6) is -0.567. The molecule has 0 radical (unpaired) electrons. The zero-order valence-electron chi connectivity index (χ0n) is 6.75. The fourth-order valence-corrected chi connectivity index (χ4v) is 1.46. The highest BCUT2D eigenvalue weighted by atomic mass is 16.5. The van der Waals surface area contributed by atoms with Gasteiger partial charge in [0, 0.05) is 6.61 Å². The SMILES string of the molecule is C[C@@H](CC(=O)O)[C@@H]1CCCO1. The lowest BCUT2D eigenvalue weighted by molar-refractivity contribution is -0.139. The number of ether oxygens (including phenoxy) is 1. The number of carbonyl (C=O) groups is 1. The minimum Gasteiger partial charge on any atom is -0.481 e. The Bertz CT molecular complexity index is 138. The number of rotatable bonds is 3. The van der Waals surface area contributed by atoms with Gasteiger partial charge < -0.3 is 9.84 Å². The molecule has 0 amide bonds. The fraction of sp³-hybridized carbons (Fsp3) is 0.875. The topological polar surface area (TPSA) is 46.5 Å². The van der Waals surface area contributed by atoms with Crippen molar-refractivity contribution in [3.05, 3.63) is 0 Å². The monoisotopic (exact) mass is 158 g/mol. The van der Waals surface area contributed by atoms with Gasteiger partial charge in [0.2, 0.25) is 0 Å². The van der Waals surface area contributed by atoms with Crippen LogP contribution in [0, 0.1) is 5.92 Å². The molecule has 2 atom stereocenters. The summed E-state index contributed by atoms with van der Waals surface area (Å²) in [5.41, 5.74) is 0. The van der Waals surface area contributed by atoms with E-state index in [0.717, 1.165) is 19.4 Å². The van der Waals surface area contributed by atoms with E-state index in [4.69, 9.17) is 9.84 Å². The van der Waals surface area contributed by atoms with Crippen molar-refractivity contribution in [2.45, 2.75) is 32.3 Å². The van der Waals surface area contributed by atoms with Crippen LogP contribution in [0.25, 0.3) is 0 Å². The summed E-state index contributed by atoms with van der Waals surface area (Å²) in [6.45, 7) is 2.73. The van der Waals surface area contributed by atoms with Gasteiger partial charge in [0.1, 0.15) is 0 Å². The molecule has 1 N–H and O–H groups in total. The van der Waals surface area contributed by atoms with Crippen LogP contribution in [0.1, 0.15) is 26.2 Å². The Balaban J connectivity index is 2.28. The lowest BCUT2D eigenvalue weighted by atomic mass is 9.99. The number of hydrogen-bond donors (Lipinski definition) is 1. The van der Waals surface area contributed by atoms with Gasteiger partial charge in [-0.1, -0.05) is 6.92 Å². The second-order valence-corrected chi connectivity index (χ2v) is 3.13. The van der Waals surface area contributed by atoms with E-state index >= 15 is 0 Å².